The highest BCUT2D eigenvalue weighted by atomic mass is 35.5. The number of nitrogens with zero attached hydrogens (tertiary/aromatic N) is 3. The zero-order valence-corrected chi connectivity index (χ0v) is 15.2. The fraction of sp³-hybridized carbons (Fsp3) is 0.211. The summed E-state index contributed by atoms with van der Waals surface area (Å²) in [7, 11) is 0. The van der Waals surface area contributed by atoms with Crippen LogP contribution in [-0.4, -0.2) is 15.0 Å². The van der Waals surface area contributed by atoms with Crippen molar-refractivity contribution in [3.05, 3.63) is 64.6 Å². The topological polar surface area (TPSA) is 90.7 Å². The molecule has 6 heteroatoms. The fourth-order valence-corrected chi connectivity index (χ4v) is 3.04. The average Bonchev–Trinajstić information content (AvgIpc) is 2.54. The Kier molecular flexibility index (Phi) is 4.35. The van der Waals surface area contributed by atoms with Gasteiger partial charge in [-0.15, -0.1) is 0 Å². The van der Waals surface area contributed by atoms with Gasteiger partial charge < -0.3 is 11.5 Å². The predicted octanol–water partition coefficient (Wildman–Crippen LogP) is 3.99. The van der Waals surface area contributed by atoms with Crippen molar-refractivity contribution in [2.45, 2.75) is 26.2 Å². The van der Waals surface area contributed by atoms with E-state index < -0.39 is 0 Å². The van der Waals surface area contributed by atoms with E-state index in [1.54, 1.807) is 6.20 Å². The molecular weight excluding hydrogens is 334 g/mol. The highest BCUT2D eigenvalue weighted by Gasteiger charge is 2.25. The van der Waals surface area contributed by atoms with Crippen LogP contribution < -0.4 is 11.5 Å². The van der Waals surface area contributed by atoms with Gasteiger partial charge in [0.25, 0.3) is 0 Å². The smallest absolute Gasteiger partial charge is 0.222 e. The average molecular weight is 354 g/mol. The molecule has 0 radical (unpaired) electrons. The quantitative estimate of drug-likeness (QED) is 0.742. The Morgan fingerprint density at radius 3 is 2.44 bits per heavy atom. The first-order chi connectivity index (χ1) is 11.8. The summed E-state index contributed by atoms with van der Waals surface area (Å²) in [6, 6.07) is 12.0. The third-order valence-electron chi connectivity index (χ3n) is 4.38. The maximum Gasteiger partial charge on any atom is 0.222 e. The van der Waals surface area contributed by atoms with Crippen LogP contribution in [0.15, 0.2) is 42.6 Å². The minimum absolute atomic E-state index is 0.181. The van der Waals surface area contributed by atoms with Gasteiger partial charge in [-0.25, -0.2) is 4.98 Å². The van der Waals surface area contributed by atoms with Gasteiger partial charge in [0.15, 0.2) is 0 Å². The van der Waals surface area contributed by atoms with Crippen LogP contribution >= 0.6 is 11.6 Å². The third-order valence-corrected chi connectivity index (χ3v) is 4.60. The van der Waals surface area contributed by atoms with Crippen LogP contribution in [0.2, 0.25) is 5.02 Å². The molecule has 0 atom stereocenters. The molecule has 0 amide bonds. The van der Waals surface area contributed by atoms with Crippen molar-refractivity contribution in [1.29, 1.82) is 0 Å². The lowest BCUT2D eigenvalue weighted by Crippen LogP contribution is -2.20. The van der Waals surface area contributed by atoms with E-state index in [1.807, 2.05) is 31.2 Å². The zero-order chi connectivity index (χ0) is 18.2. The van der Waals surface area contributed by atoms with E-state index in [2.05, 4.69) is 40.9 Å². The minimum atomic E-state index is -0.294. The lowest BCUT2D eigenvalue weighted by atomic mass is 9.80. The molecule has 0 saturated heterocycles. The van der Waals surface area contributed by atoms with Crippen LogP contribution in [0.5, 0.6) is 0 Å². The van der Waals surface area contributed by atoms with Crippen LogP contribution in [0, 0.1) is 6.92 Å². The number of halogens is 1. The van der Waals surface area contributed by atoms with Crippen molar-refractivity contribution >= 4 is 23.4 Å². The van der Waals surface area contributed by atoms with E-state index in [0.29, 0.717) is 10.8 Å². The molecule has 3 rings (SSSR count). The molecule has 0 aliphatic heterocycles. The van der Waals surface area contributed by atoms with Crippen molar-refractivity contribution in [2.24, 2.45) is 0 Å². The molecule has 4 N–H and O–H groups in total. The molecule has 2 aromatic heterocycles. The Bertz CT molecular complexity index is 896. The largest absolute Gasteiger partial charge is 0.383 e. The number of nitrogens with two attached hydrogens (primary N) is 2. The van der Waals surface area contributed by atoms with Crippen molar-refractivity contribution in [1.82, 2.24) is 15.0 Å². The fourth-order valence-electron chi connectivity index (χ4n) is 2.93. The third kappa shape index (κ3) is 3.28. The molecule has 0 saturated carbocycles. The Labute approximate surface area is 152 Å². The number of hydrogen-bond donors (Lipinski definition) is 2. The zero-order valence-electron chi connectivity index (χ0n) is 14.4. The van der Waals surface area contributed by atoms with Gasteiger partial charge in [0.2, 0.25) is 5.95 Å². The van der Waals surface area contributed by atoms with E-state index >= 15 is 0 Å². The van der Waals surface area contributed by atoms with Gasteiger partial charge in [-0.05, 0) is 30.2 Å². The maximum atomic E-state index is 6.08. The molecule has 0 spiro atoms. The molecule has 25 heavy (non-hydrogen) atoms. The molecule has 0 aliphatic rings. The predicted molar refractivity (Wildman–Crippen MR) is 102 cm³/mol. The molecule has 0 unspecified atom stereocenters. The molecule has 1 aromatic carbocycles. The Morgan fingerprint density at radius 1 is 1.04 bits per heavy atom. The van der Waals surface area contributed by atoms with Crippen LogP contribution in [0.3, 0.4) is 0 Å². The van der Waals surface area contributed by atoms with Crippen molar-refractivity contribution < 1.29 is 0 Å². The van der Waals surface area contributed by atoms with Gasteiger partial charge in [-0.2, -0.15) is 4.98 Å². The second-order valence-electron chi connectivity index (χ2n) is 6.49. The summed E-state index contributed by atoms with van der Waals surface area (Å²) in [6.45, 7) is 6.12. The Hall–Kier alpha value is -2.66. The summed E-state index contributed by atoms with van der Waals surface area (Å²) in [5, 5.41) is 0.621. The number of hydrogen-bond acceptors (Lipinski definition) is 5. The first kappa shape index (κ1) is 17.2. The van der Waals surface area contributed by atoms with Crippen molar-refractivity contribution in [3.63, 3.8) is 0 Å². The number of rotatable bonds is 3. The molecule has 0 fully saturated rings. The number of benzene rings is 1. The summed E-state index contributed by atoms with van der Waals surface area (Å²) in [4.78, 5) is 12.8. The molecular formula is C19H20ClN5. The summed E-state index contributed by atoms with van der Waals surface area (Å²) in [6.07, 6.45) is 1.67. The van der Waals surface area contributed by atoms with Gasteiger partial charge in [0.1, 0.15) is 5.82 Å². The molecule has 0 aliphatic carbocycles. The van der Waals surface area contributed by atoms with Gasteiger partial charge in [-0.3, -0.25) is 4.98 Å². The van der Waals surface area contributed by atoms with Crippen LogP contribution in [0.4, 0.5) is 11.8 Å². The second kappa shape index (κ2) is 6.33. The highest BCUT2D eigenvalue weighted by Crippen LogP contribution is 2.35. The molecule has 3 aromatic rings. The van der Waals surface area contributed by atoms with Crippen LogP contribution in [0.1, 0.15) is 30.8 Å². The van der Waals surface area contributed by atoms with Gasteiger partial charge in [0.05, 0.1) is 16.4 Å². The molecule has 5 nitrogen and oxygen atoms in total. The Balaban J connectivity index is 2.09. The first-order valence-corrected chi connectivity index (χ1v) is 8.29. The highest BCUT2D eigenvalue weighted by molar-refractivity contribution is 6.30. The van der Waals surface area contributed by atoms with E-state index in [4.69, 9.17) is 23.1 Å². The van der Waals surface area contributed by atoms with Crippen LogP contribution in [-0.2, 0) is 5.41 Å². The van der Waals surface area contributed by atoms with Gasteiger partial charge >= 0.3 is 0 Å². The van der Waals surface area contributed by atoms with Gasteiger partial charge in [0, 0.05) is 17.2 Å². The van der Waals surface area contributed by atoms with E-state index in [-0.39, 0.29) is 11.4 Å². The van der Waals surface area contributed by atoms with Crippen LogP contribution in [0.25, 0.3) is 11.1 Å². The Morgan fingerprint density at radius 2 is 1.80 bits per heavy atom. The number of pyridine rings is 1. The van der Waals surface area contributed by atoms with E-state index in [0.717, 1.165) is 28.1 Å². The number of anilines is 2. The van der Waals surface area contributed by atoms with E-state index in [1.165, 1.54) is 0 Å². The van der Waals surface area contributed by atoms with Crippen molar-refractivity contribution in [2.75, 3.05) is 11.5 Å². The lowest BCUT2D eigenvalue weighted by molar-refractivity contribution is 0.617. The molecule has 2 heterocycles. The summed E-state index contributed by atoms with van der Waals surface area (Å²) in [5.74, 6) is 0.560. The summed E-state index contributed by atoms with van der Waals surface area (Å²) in [5.41, 5.74) is 16.0. The van der Waals surface area contributed by atoms with E-state index in [9.17, 15) is 0 Å². The number of aromatic nitrogens is 3. The molecule has 128 valence electrons. The minimum Gasteiger partial charge on any atom is -0.383 e. The molecule has 0 bridgehead atoms. The summed E-state index contributed by atoms with van der Waals surface area (Å²) >= 11 is 5.96. The standard InChI is InChI=1S/C19H20ClN5/c1-11-16(17(21)25-18(22)24-11)12-5-4-6-13(9-12)19(2,3)15-8-7-14(20)10-23-15/h4-10H,1-3H3,(H4,21,22,24,25). The number of aryl methyl sites for hydroxylation is 1. The first-order valence-electron chi connectivity index (χ1n) is 7.91. The van der Waals surface area contributed by atoms with Gasteiger partial charge in [-0.1, -0.05) is 49.7 Å². The lowest BCUT2D eigenvalue weighted by Gasteiger charge is -2.25. The maximum absolute atomic E-state index is 6.08. The normalized spacial score (nSPS) is 11.5. The number of nitrogen functional groups attached to an aromatic ring is 2. The second-order valence-corrected chi connectivity index (χ2v) is 6.93. The SMILES string of the molecule is Cc1nc(N)nc(N)c1-c1cccc(C(C)(C)c2ccc(Cl)cn2)c1. The summed E-state index contributed by atoms with van der Waals surface area (Å²) < 4.78 is 0. The monoisotopic (exact) mass is 353 g/mol. The van der Waals surface area contributed by atoms with Crippen molar-refractivity contribution in [3.8, 4) is 11.1 Å².